The van der Waals surface area contributed by atoms with Crippen LogP contribution in [0.2, 0.25) is 5.15 Å². The largest absolute Gasteiger partial charge is 0.357 e. The van der Waals surface area contributed by atoms with Crippen molar-refractivity contribution in [3.8, 4) is 0 Å². The van der Waals surface area contributed by atoms with Crippen molar-refractivity contribution in [1.82, 2.24) is 10.3 Å². The Hall–Kier alpha value is -1.62. The van der Waals surface area contributed by atoms with Gasteiger partial charge in [-0.15, -0.1) is 0 Å². The smallest absolute Gasteiger partial charge is 0.263 e. The predicted octanol–water partition coefficient (Wildman–Crippen LogP) is 1.92. The van der Waals surface area contributed by atoms with Gasteiger partial charge in [0.1, 0.15) is 17.1 Å². The minimum atomic E-state index is -0.337. The van der Waals surface area contributed by atoms with Crippen LogP contribution in [0.25, 0.3) is 0 Å². The topological polar surface area (TPSA) is 57.6 Å². The summed E-state index contributed by atoms with van der Waals surface area (Å²) in [4.78, 5) is 21.9. The number of piperidine rings is 1. The zero-order valence-corrected chi connectivity index (χ0v) is 11.2. The highest BCUT2D eigenvalue weighted by Crippen LogP contribution is 2.26. The molecule has 1 aromatic heterocycles. The van der Waals surface area contributed by atoms with E-state index in [1.165, 1.54) is 25.5 Å². The van der Waals surface area contributed by atoms with Gasteiger partial charge in [0.05, 0.1) is 6.21 Å². The molecule has 1 aromatic rings. The molecule has 1 unspecified atom stereocenters. The first-order chi connectivity index (χ1) is 9.22. The summed E-state index contributed by atoms with van der Waals surface area (Å²) in [6.45, 7) is 2.01. The van der Waals surface area contributed by atoms with E-state index in [4.69, 9.17) is 11.6 Å². The number of carbonyl (C=O) groups is 1. The van der Waals surface area contributed by atoms with Crippen molar-refractivity contribution in [2.75, 3.05) is 18.0 Å². The average Bonchev–Trinajstić information content (AvgIpc) is 2.86. The first-order valence-corrected chi connectivity index (χ1v) is 6.86. The van der Waals surface area contributed by atoms with E-state index >= 15 is 0 Å². The van der Waals surface area contributed by atoms with Crippen molar-refractivity contribution in [3.63, 3.8) is 0 Å². The van der Waals surface area contributed by atoms with E-state index < -0.39 is 0 Å². The van der Waals surface area contributed by atoms with Crippen molar-refractivity contribution in [2.45, 2.75) is 25.4 Å². The lowest BCUT2D eigenvalue weighted by atomic mass is 10.1. The number of aliphatic imine (C=N–C) groups is 1. The van der Waals surface area contributed by atoms with Crippen LogP contribution >= 0.6 is 11.6 Å². The SMILES string of the molecule is O=C1C=NC(c2cc(Cl)nc(N3CCCCC3)c2)N1. The summed E-state index contributed by atoms with van der Waals surface area (Å²) in [5.74, 6) is 0.705. The minimum absolute atomic E-state index is 0.169. The molecule has 1 N–H and O–H groups in total. The number of nitrogens with one attached hydrogen (secondary N) is 1. The standard InChI is InChI=1S/C13H15ClN4O/c14-10-6-9(13-15-8-12(19)17-13)7-11(16-10)18-4-2-1-3-5-18/h6-8,13H,1-5H2,(H,17,19). The molecule has 0 saturated carbocycles. The van der Waals surface area contributed by atoms with Gasteiger partial charge < -0.3 is 10.2 Å². The Kier molecular flexibility index (Phi) is 3.38. The summed E-state index contributed by atoms with van der Waals surface area (Å²) in [7, 11) is 0. The lowest BCUT2D eigenvalue weighted by Gasteiger charge is -2.28. The molecule has 3 rings (SSSR count). The maximum absolute atomic E-state index is 11.2. The van der Waals surface area contributed by atoms with Gasteiger partial charge in [0.2, 0.25) is 0 Å². The van der Waals surface area contributed by atoms with Crippen molar-refractivity contribution >= 4 is 29.5 Å². The Morgan fingerprint density at radius 3 is 2.74 bits per heavy atom. The second kappa shape index (κ2) is 5.17. The van der Waals surface area contributed by atoms with E-state index in [9.17, 15) is 4.79 Å². The third-order valence-corrected chi connectivity index (χ3v) is 3.61. The molecule has 0 aliphatic carbocycles. The molecule has 0 spiro atoms. The average molecular weight is 279 g/mol. The van der Waals surface area contributed by atoms with Crippen LogP contribution in [-0.4, -0.2) is 30.2 Å². The molecule has 2 aliphatic heterocycles. The van der Waals surface area contributed by atoms with Crippen LogP contribution in [0.1, 0.15) is 31.0 Å². The highest BCUT2D eigenvalue weighted by Gasteiger charge is 2.20. The molecular formula is C13H15ClN4O. The number of hydrogen-bond donors (Lipinski definition) is 1. The monoisotopic (exact) mass is 278 g/mol. The number of hydrogen-bond acceptors (Lipinski definition) is 4. The summed E-state index contributed by atoms with van der Waals surface area (Å²) < 4.78 is 0. The van der Waals surface area contributed by atoms with Crippen molar-refractivity contribution in [3.05, 3.63) is 22.8 Å². The maximum Gasteiger partial charge on any atom is 0.263 e. The second-order valence-electron chi connectivity index (χ2n) is 4.82. The number of rotatable bonds is 2. The molecule has 0 aromatic carbocycles. The fourth-order valence-electron chi connectivity index (χ4n) is 2.47. The molecule has 5 nitrogen and oxygen atoms in total. The van der Waals surface area contributed by atoms with Crippen LogP contribution in [0.3, 0.4) is 0 Å². The van der Waals surface area contributed by atoms with Gasteiger partial charge in [-0.05, 0) is 31.4 Å². The molecule has 2 aliphatic rings. The number of carbonyl (C=O) groups excluding carboxylic acids is 1. The number of pyridine rings is 1. The molecule has 1 fully saturated rings. The van der Waals surface area contributed by atoms with E-state index in [1.54, 1.807) is 6.07 Å². The van der Waals surface area contributed by atoms with E-state index in [2.05, 4.69) is 20.2 Å². The van der Waals surface area contributed by atoms with Gasteiger partial charge in [-0.1, -0.05) is 11.6 Å². The summed E-state index contributed by atoms with van der Waals surface area (Å²) in [6, 6.07) is 3.72. The van der Waals surface area contributed by atoms with E-state index in [0.717, 1.165) is 24.5 Å². The van der Waals surface area contributed by atoms with Gasteiger partial charge in [0, 0.05) is 18.7 Å². The second-order valence-corrected chi connectivity index (χ2v) is 5.21. The summed E-state index contributed by atoms with van der Waals surface area (Å²) in [5.41, 5.74) is 0.877. The van der Waals surface area contributed by atoms with Gasteiger partial charge >= 0.3 is 0 Å². The normalized spacial score (nSPS) is 22.7. The Morgan fingerprint density at radius 1 is 1.26 bits per heavy atom. The first kappa shape index (κ1) is 12.4. The lowest BCUT2D eigenvalue weighted by molar-refractivity contribution is -0.114. The van der Waals surface area contributed by atoms with Crippen LogP contribution in [0, 0.1) is 0 Å². The van der Waals surface area contributed by atoms with Gasteiger partial charge in [-0.2, -0.15) is 0 Å². The third kappa shape index (κ3) is 2.71. The molecule has 100 valence electrons. The Labute approximate surface area is 116 Å². The number of anilines is 1. The van der Waals surface area contributed by atoms with Crippen molar-refractivity contribution in [1.29, 1.82) is 0 Å². The molecule has 6 heteroatoms. The molecule has 0 radical (unpaired) electrons. The summed E-state index contributed by atoms with van der Waals surface area (Å²) >= 11 is 6.08. The number of halogens is 1. The first-order valence-electron chi connectivity index (χ1n) is 6.48. The molecule has 3 heterocycles. The quantitative estimate of drug-likeness (QED) is 0.841. The van der Waals surface area contributed by atoms with Crippen LogP contribution in [0.5, 0.6) is 0 Å². The fourth-order valence-corrected chi connectivity index (χ4v) is 2.68. The van der Waals surface area contributed by atoms with Gasteiger partial charge in [-0.25, -0.2) is 4.98 Å². The van der Waals surface area contributed by atoms with Crippen LogP contribution < -0.4 is 10.2 Å². The third-order valence-electron chi connectivity index (χ3n) is 3.42. The highest BCUT2D eigenvalue weighted by atomic mass is 35.5. The Balaban J connectivity index is 1.87. The van der Waals surface area contributed by atoms with Crippen molar-refractivity contribution < 1.29 is 4.79 Å². The predicted molar refractivity (Wildman–Crippen MR) is 74.7 cm³/mol. The Bertz CT molecular complexity index is 525. The van der Waals surface area contributed by atoms with E-state index in [1.807, 2.05) is 6.07 Å². The number of amides is 1. The molecule has 1 saturated heterocycles. The molecule has 19 heavy (non-hydrogen) atoms. The lowest BCUT2D eigenvalue weighted by Crippen LogP contribution is -2.30. The van der Waals surface area contributed by atoms with E-state index in [0.29, 0.717) is 5.15 Å². The minimum Gasteiger partial charge on any atom is -0.357 e. The van der Waals surface area contributed by atoms with Gasteiger partial charge in [0.25, 0.3) is 5.91 Å². The zero-order chi connectivity index (χ0) is 13.2. The van der Waals surface area contributed by atoms with Crippen LogP contribution in [0.15, 0.2) is 17.1 Å². The molecule has 1 atom stereocenters. The number of nitrogens with zero attached hydrogens (tertiary/aromatic N) is 3. The molecular weight excluding hydrogens is 264 g/mol. The van der Waals surface area contributed by atoms with E-state index in [-0.39, 0.29) is 12.1 Å². The van der Waals surface area contributed by atoms with Crippen molar-refractivity contribution in [2.24, 2.45) is 4.99 Å². The highest BCUT2D eigenvalue weighted by molar-refractivity contribution is 6.29. The Morgan fingerprint density at radius 2 is 2.05 bits per heavy atom. The van der Waals surface area contributed by atoms with Crippen LogP contribution in [0.4, 0.5) is 5.82 Å². The maximum atomic E-state index is 11.2. The summed E-state index contributed by atoms with van der Waals surface area (Å²) in [5, 5.41) is 3.20. The van der Waals surface area contributed by atoms with Gasteiger partial charge in [-0.3, -0.25) is 9.79 Å². The molecule has 0 bridgehead atoms. The number of aromatic nitrogens is 1. The van der Waals surface area contributed by atoms with Gasteiger partial charge in [0.15, 0.2) is 0 Å². The van der Waals surface area contributed by atoms with Crippen LogP contribution in [-0.2, 0) is 4.79 Å². The zero-order valence-electron chi connectivity index (χ0n) is 10.5. The summed E-state index contributed by atoms with van der Waals surface area (Å²) in [6.07, 6.45) is 4.60. The molecule has 1 amide bonds. The fraction of sp³-hybridized carbons (Fsp3) is 0.462.